The third kappa shape index (κ3) is 6.61. The lowest BCUT2D eigenvalue weighted by Gasteiger charge is -2.34. The number of ether oxygens (including phenoxy) is 2. The Balaban J connectivity index is 1.71. The first kappa shape index (κ1) is 23.4. The molecule has 0 aromatic heterocycles. The number of hydrogen-bond donors (Lipinski definition) is 1. The molecule has 1 saturated heterocycles. The lowest BCUT2D eigenvalue weighted by molar-refractivity contribution is 0.0451. The number of nitrogens with zero attached hydrogens (tertiary/aromatic N) is 1. The van der Waals surface area contributed by atoms with Gasteiger partial charge in [0.25, 0.3) is 5.91 Å². The molecule has 0 spiro atoms. The molecule has 1 aliphatic rings. The zero-order valence-electron chi connectivity index (χ0n) is 19.1. The third-order valence-electron chi connectivity index (χ3n) is 5.14. The quantitative estimate of drug-likeness (QED) is 0.689. The number of rotatable bonds is 6. The van der Waals surface area contributed by atoms with Crippen LogP contribution in [0.3, 0.4) is 0 Å². The average Bonchev–Trinajstić information content (AvgIpc) is 2.76. The molecule has 1 N–H and O–H groups in total. The Hall–Kier alpha value is -3.28. The molecule has 0 saturated carbocycles. The van der Waals surface area contributed by atoms with Gasteiger partial charge in [-0.3, -0.25) is 4.79 Å². The van der Waals surface area contributed by atoms with Crippen molar-refractivity contribution in [3.05, 3.63) is 71.8 Å². The van der Waals surface area contributed by atoms with E-state index in [4.69, 9.17) is 9.47 Å². The summed E-state index contributed by atoms with van der Waals surface area (Å²) in [6.07, 6.45) is 2.87. The SMILES string of the molecule is C=Cc1ccc(C(=O)N2CCCC(NC(=O)OC(C)(C)C)C2)c(OCc2ccccc2)c1. The minimum atomic E-state index is -0.563. The summed E-state index contributed by atoms with van der Waals surface area (Å²) in [5, 5.41) is 2.89. The Morgan fingerprint density at radius 1 is 1.19 bits per heavy atom. The fraction of sp³-hybridized carbons (Fsp3) is 0.385. The summed E-state index contributed by atoms with van der Waals surface area (Å²) in [5.41, 5.74) is 1.85. The zero-order valence-corrected chi connectivity index (χ0v) is 19.1. The number of nitrogens with one attached hydrogen (secondary N) is 1. The topological polar surface area (TPSA) is 67.9 Å². The molecule has 2 aromatic carbocycles. The summed E-state index contributed by atoms with van der Waals surface area (Å²) < 4.78 is 11.4. The number of carbonyl (C=O) groups is 2. The molecular formula is C26H32N2O4. The van der Waals surface area contributed by atoms with Gasteiger partial charge in [-0.25, -0.2) is 4.79 Å². The fourth-order valence-electron chi connectivity index (χ4n) is 3.62. The summed E-state index contributed by atoms with van der Waals surface area (Å²) >= 11 is 0. The summed E-state index contributed by atoms with van der Waals surface area (Å²) in [5.74, 6) is 0.415. The maximum Gasteiger partial charge on any atom is 0.407 e. The highest BCUT2D eigenvalue weighted by Gasteiger charge is 2.28. The van der Waals surface area contributed by atoms with E-state index < -0.39 is 11.7 Å². The van der Waals surface area contributed by atoms with Gasteiger partial charge in [0.15, 0.2) is 0 Å². The molecule has 6 heteroatoms. The number of likely N-dealkylation sites (tertiary alicyclic amines) is 1. The molecule has 1 heterocycles. The van der Waals surface area contributed by atoms with Crippen molar-refractivity contribution in [3.8, 4) is 5.75 Å². The monoisotopic (exact) mass is 436 g/mol. The highest BCUT2D eigenvalue weighted by Crippen LogP contribution is 2.25. The lowest BCUT2D eigenvalue weighted by atomic mass is 10.0. The zero-order chi connectivity index (χ0) is 23.1. The minimum Gasteiger partial charge on any atom is -0.488 e. The largest absolute Gasteiger partial charge is 0.488 e. The van der Waals surface area contributed by atoms with Crippen LogP contribution < -0.4 is 10.1 Å². The van der Waals surface area contributed by atoms with Crippen molar-refractivity contribution in [3.63, 3.8) is 0 Å². The van der Waals surface area contributed by atoms with Gasteiger partial charge in [0.1, 0.15) is 18.0 Å². The van der Waals surface area contributed by atoms with Crippen molar-refractivity contribution in [1.29, 1.82) is 0 Å². The van der Waals surface area contributed by atoms with Crippen LogP contribution in [-0.2, 0) is 11.3 Å². The van der Waals surface area contributed by atoms with Crippen LogP contribution in [0.15, 0.2) is 55.1 Å². The molecule has 0 aliphatic carbocycles. The van der Waals surface area contributed by atoms with E-state index in [1.807, 2.05) is 63.2 Å². The molecule has 0 radical (unpaired) electrons. The molecule has 170 valence electrons. The average molecular weight is 437 g/mol. The number of piperidine rings is 1. The van der Waals surface area contributed by atoms with Crippen LogP contribution in [-0.4, -0.2) is 41.6 Å². The van der Waals surface area contributed by atoms with E-state index in [2.05, 4.69) is 11.9 Å². The lowest BCUT2D eigenvalue weighted by Crippen LogP contribution is -2.50. The maximum absolute atomic E-state index is 13.4. The number of hydrogen-bond acceptors (Lipinski definition) is 4. The van der Waals surface area contributed by atoms with E-state index in [0.29, 0.717) is 31.0 Å². The Labute approximate surface area is 190 Å². The van der Waals surface area contributed by atoms with Crippen LogP contribution in [0.1, 0.15) is 55.1 Å². The van der Waals surface area contributed by atoms with Crippen molar-refractivity contribution in [2.75, 3.05) is 13.1 Å². The van der Waals surface area contributed by atoms with Gasteiger partial charge < -0.3 is 19.7 Å². The van der Waals surface area contributed by atoms with Gasteiger partial charge in [-0.2, -0.15) is 0 Å². The van der Waals surface area contributed by atoms with Gasteiger partial charge >= 0.3 is 6.09 Å². The highest BCUT2D eigenvalue weighted by atomic mass is 16.6. The van der Waals surface area contributed by atoms with Crippen molar-refractivity contribution >= 4 is 18.1 Å². The Bertz CT molecular complexity index is 950. The van der Waals surface area contributed by atoms with Crippen LogP contribution in [0.25, 0.3) is 6.08 Å². The van der Waals surface area contributed by atoms with E-state index in [0.717, 1.165) is 24.0 Å². The third-order valence-corrected chi connectivity index (χ3v) is 5.14. The van der Waals surface area contributed by atoms with Gasteiger partial charge in [0.05, 0.1) is 5.56 Å². The van der Waals surface area contributed by atoms with E-state index in [9.17, 15) is 9.59 Å². The Kier molecular flexibility index (Phi) is 7.57. The summed E-state index contributed by atoms with van der Waals surface area (Å²) in [6, 6.07) is 15.2. The van der Waals surface area contributed by atoms with Crippen molar-refractivity contribution < 1.29 is 19.1 Å². The minimum absolute atomic E-state index is 0.112. The van der Waals surface area contributed by atoms with Crippen LogP contribution in [0, 0.1) is 0 Å². The molecule has 1 unspecified atom stereocenters. The molecule has 2 amide bonds. The molecule has 32 heavy (non-hydrogen) atoms. The van der Waals surface area contributed by atoms with E-state index in [1.54, 1.807) is 17.0 Å². The molecule has 3 rings (SSSR count). The standard InChI is InChI=1S/C26H32N2O4/c1-5-19-13-14-22(23(16-19)31-18-20-10-7-6-8-11-20)24(29)28-15-9-12-21(17-28)27-25(30)32-26(2,3)4/h5-8,10-11,13-14,16,21H,1,9,12,15,17-18H2,2-4H3,(H,27,30). The Morgan fingerprint density at radius 2 is 1.94 bits per heavy atom. The molecule has 0 bridgehead atoms. The first-order chi connectivity index (χ1) is 15.2. The first-order valence-electron chi connectivity index (χ1n) is 11.0. The van der Waals surface area contributed by atoms with Crippen LogP contribution in [0.5, 0.6) is 5.75 Å². The van der Waals surface area contributed by atoms with E-state index in [-0.39, 0.29) is 11.9 Å². The molecule has 1 fully saturated rings. The van der Waals surface area contributed by atoms with Gasteiger partial charge in [0, 0.05) is 19.1 Å². The van der Waals surface area contributed by atoms with Gasteiger partial charge in [-0.05, 0) is 56.9 Å². The highest BCUT2D eigenvalue weighted by molar-refractivity contribution is 5.97. The maximum atomic E-state index is 13.4. The second-order valence-electron chi connectivity index (χ2n) is 8.97. The molecular weight excluding hydrogens is 404 g/mol. The smallest absolute Gasteiger partial charge is 0.407 e. The van der Waals surface area contributed by atoms with Gasteiger partial charge in [-0.1, -0.05) is 49.1 Å². The Morgan fingerprint density at radius 3 is 2.62 bits per heavy atom. The number of benzene rings is 2. The number of alkyl carbamates (subject to hydrolysis) is 1. The molecule has 2 aromatic rings. The molecule has 6 nitrogen and oxygen atoms in total. The predicted molar refractivity (Wildman–Crippen MR) is 126 cm³/mol. The van der Waals surface area contributed by atoms with Crippen molar-refractivity contribution in [2.45, 2.75) is 51.9 Å². The number of carbonyl (C=O) groups excluding carboxylic acids is 2. The summed E-state index contributed by atoms with van der Waals surface area (Å²) in [7, 11) is 0. The normalized spacial score (nSPS) is 16.2. The number of amides is 2. The van der Waals surface area contributed by atoms with Gasteiger partial charge in [-0.15, -0.1) is 0 Å². The van der Waals surface area contributed by atoms with Crippen molar-refractivity contribution in [2.24, 2.45) is 0 Å². The predicted octanol–water partition coefficient (Wildman–Crippen LogP) is 5.04. The van der Waals surface area contributed by atoms with Crippen LogP contribution in [0.4, 0.5) is 4.79 Å². The summed E-state index contributed by atoms with van der Waals surface area (Å²) in [6.45, 7) is 10.7. The first-order valence-corrected chi connectivity index (χ1v) is 11.0. The fourth-order valence-corrected chi connectivity index (χ4v) is 3.62. The molecule has 1 aliphatic heterocycles. The second kappa shape index (κ2) is 10.4. The van der Waals surface area contributed by atoms with Crippen LogP contribution in [0.2, 0.25) is 0 Å². The van der Waals surface area contributed by atoms with Crippen molar-refractivity contribution in [1.82, 2.24) is 10.2 Å². The molecule has 1 atom stereocenters. The van der Waals surface area contributed by atoms with Gasteiger partial charge in [0.2, 0.25) is 0 Å². The summed E-state index contributed by atoms with van der Waals surface area (Å²) in [4.78, 5) is 27.3. The van der Waals surface area contributed by atoms with Crippen LogP contribution >= 0.6 is 0 Å². The van der Waals surface area contributed by atoms with E-state index >= 15 is 0 Å². The van der Waals surface area contributed by atoms with E-state index in [1.165, 1.54) is 0 Å². The second-order valence-corrected chi connectivity index (χ2v) is 8.97.